The first kappa shape index (κ1) is 12.9. The Morgan fingerprint density at radius 2 is 2.00 bits per heavy atom. The lowest BCUT2D eigenvalue weighted by molar-refractivity contribution is 1.08. The first-order chi connectivity index (χ1) is 9.78. The molecular formula is C15H16N4S. The number of aryl methyl sites for hydroxylation is 1. The highest BCUT2D eigenvalue weighted by Crippen LogP contribution is 2.26. The Morgan fingerprint density at radius 3 is 2.80 bits per heavy atom. The molecule has 0 saturated heterocycles. The normalized spacial score (nSPS) is 10.7. The van der Waals surface area contributed by atoms with Gasteiger partial charge in [0.2, 0.25) is 5.95 Å². The summed E-state index contributed by atoms with van der Waals surface area (Å²) in [5.41, 5.74) is 2.56. The number of aromatic nitrogens is 2. The van der Waals surface area contributed by atoms with Crippen molar-refractivity contribution in [1.29, 1.82) is 0 Å². The van der Waals surface area contributed by atoms with Crippen molar-refractivity contribution < 1.29 is 0 Å². The fourth-order valence-electron chi connectivity index (χ4n) is 2.09. The van der Waals surface area contributed by atoms with E-state index >= 15 is 0 Å². The summed E-state index contributed by atoms with van der Waals surface area (Å²) in [7, 11) is 1.83. The van der Waals surface area contributed by atoms with Crippen molar-refractivity contribution in [3.63, 3.8) is 0 Å². The number of anilines is 2. The van der Waals surface area contributed by atoms with Crippen LogP contribution in [0, 0.1) is 6.92 Å². The second-order valence-corrected chi connectivity index (χ2v) is 5.46. The first-order valence-electron chi connectivity index (χ1n) is 6.49. The summed E-state index contributed by atoms with van der Waals surface area (Å²) in [6, 6.07) is 10.4. The molecule has 2 aromatic heterocycles. The predicted octanol–water partition coefficient (Wildman–Crippen LogP) is 3.65. The zero-order chi connectivity index (χ0) is 13.9. The third-order valence-corrected chi connectivity index (χ3v) is 4.06. The van der Waals surface area contributed by atoms with Crippen LogP contribution < -0.4 is 10.6 Å². The Labute approximate surface area is 121 Å². The minimum Gasteiger partial charge on any atom is -0.365 e. The topological polar surface area (TPSA) is 49.8 Å². The van der Waals surface area contributed by atoms with E-state index in [-0.39, 0.29) is 0 Å². The van der Waals surface area contributed by atoms with Crippen molar-refractivity contribution in [2.75, 3.05) is 17.7 Å². The number of hydrogen-bond acceptors (Lipinski definition) is 5. The largest absolute Gasteiger partial charge is 0.365 e. The molecule has 5 heteroatoms. The Hall–Kier alpha value is -2.14. The summed E-state index contributed by atoms with van der Waals surface area (Å²) >= 11 is 1.62. The molecule has 2 N–H and O–H groups in total. The number of rotatable bonds is 4. The molecule has 0 aliphatic rings. The predicted molar refractivity (Wildman–Crippen MR) is 85.5 cm³/mol. The first-order valence-corrected chi connectivity index (χ1v) is 7.37. The molecule has 3 rings (SSSR count). The van der Waals surface area contributed by atoms with E-state index < -0.39 is 0 Å². The van der Waals surface area contributed by atoms with Gasteiger partial charge in [-0.1, -0.05) is 24.3 Å². The Balaban J connectivity index is 1.90. The van der Waals surface area contributed by atoms with Crippen molar-refractivity contribution in [3.05, 3.63) is 46.8 Å². The van der Waals surface area contributed by atoms with Gasteiger partial charge in [0.15, 0.2) is 0 Å². The molecular weight excluding hydrogens is 268 g/mol. The molecule has 0 amide bonds. The maximum Gasteiger partial charge on any atom is 0.225 e. The van der Waals surface area contributed by atoms with Gasteiger partial charge in [0.25, 0.3) is 0 Å². The van der Waals surface area contributed by atoms with E-state index in [9.17, 15) is 0 Å². The average Bonchev–Trinajstić information content (AvgIpc) is 2.94. The Kier molecular flexibility index (Phi) is 3.52. The monoisotopic (exact) mass is 284 g/mol. The summed E-state index contributed by atoms with van der Waals surface area (Å²) in [6.45, 7) is 2.88. The summed E-state index contributed by atoms with van der Waals surface area (Å²) in [6.07, 6.45) is 0. The third kappa shape index (κ3) is 2.44. The van der Waals surface area contributed by atoms with Crippen LogP contribution in [-0.4, -0.2) is 17.0 Å². The molecule has 0 spiro atoms. The lowest BCUT2D eigenvalue weighted by atomic mass is 10.1. The standard InChI is InChI=1S/C15H16N4S/c1-10-5-3-4-6-11(10)9-17-13-12-7-8-20-14(12)19-15(16-2)18-13/h3-8H,9H2,1-2H3,(H2,16,17,18,19). The van der Waals surface area contributed by atoms with Gasteiger partial charge in [-0.05, 0) is 29.5 Å². The van der Waals surface area contributed by atoms with E-state index in [1.54, 1.807) is 11.3 Å². The van der Waals surface area contributed by atoms with Crippen LogP contribution in [-0.2, 0) is 6.54 Å². The molecule has 0 aliphatic heterocycles. The molecule has 4 nitrogen and oxygen atoms in total. The fraction of sp³-hybridized carbons (Fsp3) is 0.200. The van der Waals surface area contributed by atoms with Crippen LogP contribution >= 0.6 is 11.3 Å². The van der Waals surface area contributed by atoms with E-state index in [0.29, 0.717) is 5.95 Å². The molecule has 2 heterocycles. The number of hydrogen-bond donors (Lipinski definition) is 2. The molecule has 102 valence electrons. The number of nitrogens with one attached hydrogen (secondary N) is 2. The van der Waals surface area contributed by atoms with Crippen molar-refractivity contribution in [1.82, 2.24) is 9.97 Å². The SMILES string of the molecule is CNc1nc(NCc2ccccc2C)c2ccsc2n1. The maximum absolute atomic E-state index is 4.51. The molecule has 0 bridgehead atoms. The van der Waals surface area contributed by atoms with E-state index in [1.807, 2.05) is 12.4 Å². The highest BCUT2D eigenvalue weighted by molar-refractivity contribution is 7.16. The second-order valence-electron chi connectivity index (χ2n) is 4.57. The van der Waals surface area contributed by atoms with E-state index in [0.717, 1.165) is 22.6 Å². The van der Waals surface area contributed by atoms with Gasteiger partial charge in [0, 0.05) is 13.6 Å². The number of nitrogens with zero attached hydrogens (tertiary/aromatic N) is 2. The molecule has 0 radical (unpaired) electrons. The van der Waals surface area contributed by atoms with Crippen LogP contribution in [0.15, 0.2) is 35.7 Å². The molecule has 0 saturated carbocycles. The van der Waals surface area contributed by atoms with Gasteiger partial charge in [-0.3, -0.25) is 0 Å². The van der Waals surface area contributed by atoms with Gasteiger partial charge in [0.1, 0.15) is 10.6 Å². The Morgan fingerprint density at radius 1 is 1.15 bits per heavy atom. The van der Waals surface area contributed by atoms with E-state index in [2.05, 4.69) is 57.9 Å². The zero-order valence-electron chi connectivity index (χ0n) is 11.5. The van der Waals surface area contributed by atoms with Crippen molar-refractivity contribution in [2.45, 2.75) is 13.5 Å². The molecule has 20 heavy (non-hydrogen) atoms. The molecule has 3 aromatic rings. The van der Waals surface area contributed by atoms with Gasteiger partial charge in [-0.2, -0.15) is 4.98 Å². The zero-order valence-corrected chi connectivity index (χ0v) is 12.3. The summed E-state index contributed by atoms with van der Waals surface area (Å²) in [5, 5.41) is 9.54. The van der Waals surface area contributed by atoms with Gasteiger partial charge < -0.3 is 10.6 Å². The molecule has 0 fully saturated rings. The van der Waals surface area contributed by atoms with Gasteiger partial charge in [-0.15, -0.1) is 11.3 Å². The second kappa shape index (κ2) is 5.46. The fourth-order valence-corrected chi connectivity index (χ4v) is 2.85. The highest BCUT2D eigenvalue weighted by Gasteiger charge is 2.08. The van der Waals surface area contributed by atoms with Crippen LogP contribution in [0.2, 0.25) is 0 Å². The van der Waals surface area contributed by atoms with Crippen LogP contribution in [0.5, 0.6) is 0 Å². The molecule has 0 atom stereocenters. The lowest BCUT2D eigenvalue weighted by Crippen LogP contribution is -2.05. The Bertz CT molecular complexity index is 736. The number of thiophene rings is 1. The van der Waals surface area contributed by atoms with Crippen LogP contribution in [0.4, 0.5) is 11.8 Å². The minimum absolute atomic E-state index is 0.646. The van der Waals surface area contributed by atoms with E-state index in [1.165, 1.54) is 11.1 Å². The summed E-state index contributed by atoms with van der Waals surface area (Å²) in [4.78, 5) is 9.95. The molecule has 0 aliphatic carbocycles. The molecule has 0 unspecified atom stereocenters. The number of fused-ring (bicyclic) bond motifs is 1. The number of benzene rings is 1. The average molecular weight is 284 g/mol. The smallest absolute Gasteiger partial charge is 0.225 e. The third-order valence-electron chi connectivity index (χ3n) is 3.26. The molecule has 1 aromatic carbocycles. The van der Waals surface area contributed by atoms with E-state index in [4.69, 9.17) is 0 Å². The van der Waals surface area contributed by atoms with Gasteiger partial charge >= 0.3 is 0 Å². The summed E-state index contributed by atoms with van der Waals surface area (Å²) in [5.74, 6) is 1.52. The van der Waals surface area contributed by atoms with Crippen LogP contribution in [0.1, 0.15) is 11.1 Å². The van der Waals surface area contributed by atoms with Crippen molar-refractivity contribution in [2.24, 2.45) is 0 Å². The van der Waals surface area contributed by atoms with Crippen molar-refractivity contribution >= 4 is 33.3 Å². The van der Waals surface area contributed by atoms with Crippen molar-refractivity contribution in [3.8, 4) is 0 Å². The minimum atomic E-state index is 0.646. The summed E-state index contributed by atoms with van der Waals surface area (Å²) < 4.78 is 0. The highest BCUT2D eigenvalue weighted by atomic mass is 32.1. The van der Waals surface area contributed by atoms with Gasteiger partial charge in [-0.25, -0.2) is 4.98 Å². The van der Waals surface area contributed by atoms with Crippen LogP contribution in [0.3, 0.4) is 0 Å². The quantitative estimate of drug-likeness (QED) is 0.767. The van der Waals surface area contributed by atoms with Crippen LogP contribution in [0.25, 0.3) is 10.2 Å². The lowest BCUT2D eigenvalue weighted by Gasteiger charge is -2.10. The van der Waals surface area contributed by atoms with Gasteiger partial charge in [0.05, 0.1) is 5.39 Å². The maximum atomic E-state index is 4.51.